The lowest BCUT2D eigenvalue weighted by Gasteiger charge is -2.20. The van der Waals surface area contributed by atoms with Crippen LogP contribution in [0.4, 0.5) is 0 Å². The normalized spacial score (nSPS) is 19.1. The Labute approximate surface area is 108 Å². The number of pyridine rings is 1. The van der Waals surface area contributed by atoms with E-state index in [9.17, 15) is 4.79 Å². The third-order valence-corrected chi connectivity index (χ3v) is 2.59. The van der Waals surface area contributed by atoms with Gasteiger partial charge in [0.25, 0.3) is 0 Å². The number of carbonyl (C=O) groups is 1. The molecule has 1 aliphatic rings. The van der Waals surface area contributed by atoms with Crippen molar-refractivity contribution in [1.29, 1.82) is 0 Å². The van der Waals surface area contributed by atoms with Crippen molar-refractivity contribution in [2.24, 2.45) is 5.92 Å². The summed E-state index contributed by atoms with van der Waals surface area (Å²) in [5, 5.41) is 3.24. The molecule has 0 bridgehead atoms. The van der Waals surface area contributed by atoms with E-state index in [1.807, 2.05) is 12.1 Å². The maximum Gasteiger partial charge on any atom is 0.185 e. The van der Waals surface area contributed by atoms with Crippen LogP contribution in [-0.4, -0.2) is 23.9 Å². The van der Waals surface area contributed by atoms with Gasteiger partial charge in [-0.3, -0.25) is 9.78 Å². The summed E-state index contributed by atoms with van der Waals surface area (Å²) in [7, 11) is 0. The second-order valence-electron chi connectivity index (χ2n) is 3.62. The number of rotatable bonds is 2. The average molecular weight is 263 g/mol. The first-order chi connectivity index (χ1) is 6.88. The molecule has 16 heavy (non-hydrogen) atoms. The molecule has 5 heteroatoms. The van der Waals surface area contributed by atoms with Gasteiger partial charge in [0.15, 0.2) is 5.78 Å². The van der Waals surface area contributed by atoms with Crippen molar-refractivity contribution in [3.8, 4) is 0 Å². The first kappa shape index (κ1) is 15.4. The van der Waals surface area contributed by atoms with Gasteiger partial charge in [-0.25, -0.2) is 0 Å². The molecule has 1 N–H and O–H groups in total. The third kappa shape index (κ3) is 3.74. The molecule has 1 aromatic rings. The SMILES string of the molecule is Cl.Cl.O=C(c1ccccn1)C1CCCNC1. The molecule has 0 aromatic carbocycles. The van der Waals surface area contributed by atoms with Crippen molar-refractivity contribution in [2.45, 2.75) is 12.8 Å². The molecule has 0 spiro atoms. The van der Waals surface area contributed by atoms with Crippen LogP contribution in [-0.2, 0) is 0 Å². The summed E-state index contributed by atoms with van der Waals surface area (Å²) in [4.78, 5) is 16.0. The van der Waals surface area contributed by atoms with E-state index in [2.05, 4.69) is 10.3 Å². The van der Waals surface area contributed by atoms with E-state index in [0.29, 0.717) is 5.69 Å². The fraction of sp³-hybridized carbons (Fsp3) is 0.455. The number of Topliss-reactive ketones (excluding diaryl/α,β-unsaturated/α-hetero) is 1. The van der Waals surface area contributed by atoms with E-state index in [4.69, 9.17) is 0 Å². The maximum atomic E-state index is 11.9. The Morgan fingerprint density at radius 1 is 1.38 bits per heavy atom. The smallest absolute Gasteiger partial charge is 0.185 e. The van der Waals surface area contributed by atoms with Crippen LogP contribution in [0.2, 0.25) is 0 Å². The van der Waals surface area contributed by atoms with Crippen molar-refractivity contribution < 1.29 is 4.79 Å². The van der Waals surface area contributed by atoms with Crippen LogP contribution < -0.4 is 5.32 Å². The zero-order chi connectivity index (χ0) is 9.80. The zero-order valence-electron chi connectivity index (χ0n) is 8.89. The number of piperidine rings is 1. The number of aromatic nitrogens is 1. The lowest BCUT2D eigenvalue weighted by Crippen LogP contribution is -2.34. The quantitative estimate of drug-likeness (QED) is 0.831. The van der Waals surface area contributed by atoms with Gasteiger partial charge in [0.2, 0.25) is 0 Å². The molecule has 0 radical (unpaired) electrons. The van der Waals surface area contributed by atoms with Crippen LogP contribution in [0.1, 0.15) is 23.3 Å². The molecule has 90 valence electrons. The summed E-state index contributed by atoms with van der Waals surface area (Å²) in [5.41, 5.74) is 0.598. The second-order valence-corrected chi connectivity index (χ2v) is 3.62. The number of nitrogens with zero attached hydrogens (tertiary/aromatic N) is 1. The topological polar surface area (TPSA) is 42.0 Å². The number of carbonyl (C=O) groups excluding carboxylic acids is 1. The highest BCUT2D eigenvalue weighted by Crippen LogP contribution is 2.14. The van der Waals surface area contributed by atoms with Gasteiger partial charge in [0.1, 0.15) is 5.69 Å². The van der Waals surface area contributed by atoms with Crippen LogP contribution in [0.5, 0.6) is 0 Å². The van der Waals surface area contributed by atoms with Crippen molar-refractivity contribution in [3.05, 3.63) is 30.1 Å². The molecule has 0 amide bonds. The predicted molar refractivity (Wildman–Crippen MR) is 68.7 cm³/mol. The Morgan fingerprint density at radius 2 is 2.19 bits per heavy atom. The van der Waals surface area contributed by atoms with Gasteiger partial charge in [-0.2, -0.15) is 0 Å². The molecular weight excluding hydrogens is 247 g/mol. The summed E-state index contributed by atoms with van der Waals surface area (Å²) in [6.45, 7) is 1.83. The van der Waals surface area contributed by atoms with Gasteiger partial charge < -0.3 is 5.32 Å². The molecule has 1 saturated heterocycles. The number of hydrogen-bond acceptors (Lipinski definition) is 3. The van der Waals surface area contributed by atoms with Gasteiger partial charge in [0, 0.05) is 18.7 Å². The molecule has 0 aliphatic carbocycles. The Bertz CT molecular complexity index is 313. The van der Waals surface area contributed by atoms with Crippen LogP contribution in [0.25, 0.3) is 0 Å². The standard InChI is InChI=1S/C11H14N2O.2ClH/c14-11(9-4-3-6-12-8-9)10-5-1-2-7-13-10;;/h1-2,5,7,9,12H,3-4,6,8H2;2*1H. The molecule has 1 aliphatic heterocycles. The van der Waals surface area contributed by atoms with Crippen molar-refractivity contribution in [1.82, 2.24) is 10.3 Å². The minimum atomic E-state index is 0. The molecule has 0 saturated carbocycles. The summed E-state index contributed by atoms with van der Waals surface area (Å²) in [6, 6.07) is 5.48. The molecule has 1 aromatic heterocycles. The van der Waals surface area contributed by atoms with Gasteiger partial charge in [-0.05, 0) is 31.5 Å². The van der Waals surface area contributed by atoms with E-state index < -0.39 is 0 Å². The molecule has 2 rings (SSSR count). The zero-order valence-corrected chi connectivity index (χ0v) is 10.5. The minimum absolute atomic E-state index is 0. The average Bonchev–Trinajstić information content (AvgIpc) is 2.30. The lowest BCUT2D eigenvalue weighted by atomic mass is 9.93. The van der Waals surface area contributed by atoms with E-state index in [0.717, 1.165) is 25.9 Å². The number of ketones is 1. The lowest BCUT2D eigenvalue weighted by molar-refractivity contribution is 0.0894. The maximum absolute atomic E-state index is 11.9. The number of halogens is 2. The fourth-order valence-corrected chi connectivity index (χ4v) is 1.79. The molecule has 1 fully saturated rings. The largest absolute Gasteiger partial charge is 0.316 e. The highest BCUT2D eigenvalue weighted by atomic mass is 35.5. The van der Waals surface area contributed by atoms with Crippen molar-refractivity contribution in [3.63, 3.8) is 0 Å². The van der Waals surface area contributed by atoms with Crippen LogP contribution in [0, 0.1) is 5.92 Å². The van der Waals surface area contributed by atoms with Gasteiger partial charge >= 0.3 is 0 Å². The van der Waals surface area contributed by atoms with E-state index in [-0.39, 0.29) is 36.5 Å². The summed E-state index contributed by atoms with van der Waals surface area (Å²) in [5.74, 6) is 0.302. The second kappa shape index (κ2) is 7.60. The van der Waals surface area contributed by atoms with Crippen molar-refractivity contribution in [2.75, 3.05) is 13.1 Å². The number of nitrogens with one attached hydrogen (secondary N) is 1. The van der Waals surface area contributed by atoms with Gasteiger partial charge in [0.05, 0.1) is 0 Å². The van der Waals surface area contributed by atoms with Gasteiger partial charge in [-0.15, -0.1) is 24.8 Å². The first-order valence-corrected chi connectivity index (χ1v) is 5.04. The highest BCUT2D eigenvalue weighted by molar-refractivity contribution is 5.96. The summed E-state index contributed by atoms with van der Waals surface area (Å²) >= 11 is 0. The number of hydrogen-bond donors (Lipinski definition) is 1. The molecule has 3 nitrogen and oxygen atoms in total. The molecular formula is C11H16Cl2N2O. The summed E-state index contributed by atoms with van der Waals surface area (Å²) in [6.07, 6.45) is 3.75. The first-order valence-electron chi connectivity index (χ1n) is 5.04. The Morgan fingerprint density at radius 3 is 2.75 bits per heavy atom. The monoisotopic (exact) mass is 262 g/mol. The highest BCUT2D eigenvalue weighted by Gasteiger charge is 2.22. The summed E-state index contributed by atoms with van der Waals surface area (Å²) < 4.78 is 0. The van der Waals surface area contributed by atoms with Crippen LogP contribution in [0.15, 0.2) is 24.4 Å². The minimum Gasteiger partial charge on any atom is -0.316 e. The van der Waals surface area contributed by atoms with Crippen LogP contribution in [0.3, 0.4) is 0 Å². The van der Waals surface area contributed by atoms with E-state index in [1.165, 1.54) is 0 Å². The van der Waals surface area contributed by atoms with Crippen LogP contribution >= 0.6 is 24.8 Å². The Hall–Kier alpha value is -0.640. The van der Waals surface area contributed by atoms with Gasteiger partial charge in [-0.1, -0.05) is 6.07 Å². The van der Waals surface area contributed by atoms with E-state index in [1.54, 1.807) is 12.3 Å². The molecule has 1 unspecified atom stereocenters. The predicted octanol–water partition coefficient (Wildman–Crippen LogP) is 2.11. The fourth-order valence-electron chi connectivity index (χ4n) is 1.79. The Balaban J connectivity index is 0.00000112. The molecule has 1 atom stereocenters. The molecule has 2 heterocycles. The third-order valence-electron chi connectivity index (χ3n) is 2.59. The van der Waals surface area contributed by atoms with E-state index >= 15 is 0 Å². The van der Waals surface area contributed by atoms with Crippen molar-refractivity contribution >= 4 is 30.6 Å². The Kier molecular flexibility index (Phi) is 7.30.